The van der Waals surface area contributed by atoms with Gasteiger partial charge in [0.2, 0.25) is 0 Å². The second kappa shape index (κ2) is 6.11. The van der Waals surface area contributed by atoms with E-state index in [9.17, 15) is 13.2 Å². The van der Waals surface area contributed by atoms with E-state index in [-0.39, 0.29) is 5.92 Å². The van der Waals surface area contributed by atoms with Crippen molar-refractivity contribution in [3.8, 4) is 0 Å². The molecule has 0 radical (unpaired) electrons. The van der Waals surface area contributed by atoms with Gasteiger partial charge in [-0.15, -0.1) is 0 Å². The number of halogens is 3. The molecule has 0 aliphatic carbocycles. The number of hydrogen-bond acceptors (Lipinski definition) is 3. The van der Waals surface area contributed by atoms with Crippen molar-refractivity contribution in [3.05, 3.63) is 53.5 Å². The van der Waals surface area contributed by atoms with Crippen LogP contribution >= 0.6 is 0 Å². The summed E-state index contributed by atoms with van der Waals surface area (Å²) in [5.74, 6) is 0.876. The van der Waals surface area contributed by atoms with Crippen LogP contribution in [0.1, 0.15) is 36.6 Å². The van der Waals surface area contributed by atoms with Crippen molar-refractivity contribution in [1.82, 2.24) is 9.97 Å². The average Bonchev–Trinajstić information content (AvgIpc) is 2.45. The van der Waals surface area contributed by atoms with Crippen molar-refractivity contribution in [2.45, 2.75) is 32.5 Å². The molecular formula is C15H16F3N3. The van der Waals surface area contributed by atoms with E-state index in [1.165, 1.54) is 12.1 Å². The van der Waals surface area contributed by atoms with Crippen LogP contribution < -0.4 is 5.32 Å². The fraction of sp³-hybridized carbons (Fsp3) is 0.333. The highest BCUT2D eigenvalue weighted by Crippen LogP contribution is 2.29. The Bertz CT molecular complexity index is 592. The number of aromatic nitrogens is 2. The molecule has 1 N–H and O–H groups in total. The van der Waals surface area contributed by atoms with Crippen molar-refractivity contribution < 1.29 is 13.2 Å². The number of anilines is 1. The summed E-state index contributed by atoms with van der Waals surface area (Å²) >= 11 is 0. The van der Waals surface area contributed by atoms with E-state index in [1.54, 1.807) is 12.4 Å². The molecule has 0 amide bonds. The molecule has 0 saturated heterocycles. The number of benzene rings is 1. The molecule has 1 aromatic carbocycles. The minimum absolute atomic E-state index is 0.216. The number of rotatable bonds is 4. The Kier molecular flexibility index (Phi) is 4.45. The minimum Gasteiger partial charge on any atom is -0.364 e. The summed E-state index contributed by atoms with van der Waals surface area (Å²) in [6.07, 6.45) is -1.10. The van der Waals surface area contributed by atoms with Gasteiger partial charge in [-0.05, 0) is 23.6 Å². The quantitative estimate of drug-likeness (QED) is 0.917. The summed E-state index contributed by atoms with van der Waals surface area (Å²) < 4.78 is 37.4. The van der Waals surface area contributed by atoms with Gasteiger partial charge in [-0.3, -0.25) is 4.98 Å². The van der Waals surface area contributed by atoms with Crippen LogP contribution in [-0.4, -0.2) is 9.97 Å². The van der Waals surface area contributed by atoms with E-state index in [0.29, 0.717) is 12.4 Å². The van der Waals surface area contributed by atoms with Crippen LogP contribution in [0.5, 0.6) is 0 Å². The second-order valence-corrected chi connectivity index (χ2v) is 4.99. The van der Waals surface area contributed by atoms with Gasteiger partial charge in [0.25, 0.3) is 0 Å². The molecule has 6 heteroatoms. The number of nitrogens with zero attached hydrogens (tertiary/aromatic N) is 2. The fourth-order valence-electron chi connectivity index (χ4n) is 1.90. The van der Waals surface area contributed by atoms with Gasteiger partial charge >= 0.3 is 6.18 Å². The maximum absolute atomic E-state index is 12.5. The third kappa shape index (κ3) is 3.93. The maximum atomic E-state index is 12.5. The van der Waals surface area contributed by atoms with Crippen molar-refractivity contribution in [1.29, 1.82) is 0 Å². The van der Waals surface area contributed by atoms with Crippen LogP contribution in [0.4, 0.5) is 19.0 Å². The highest BCUT2D eigenvalue weighted by molar-refractivity contribution is 5.42. The van der Waals surface area contributed by atoms with Crippen LogP contribution in [0.3, 0.4) is 0 Å². The molecule has 0 spiro atoms. The molecule has 0 aliphatic rings. The lowest BCUT2D eigenvalue weighted by atomic mass is 10.1. The van der Waals surface area contributed by atoms with Crippen LogP contribution in [0.2, 0.25) is 0 Å². The molecule has 2 aromatic rings. The van der Waals surface area contributed by atoms with Crippen LogP contribution in [-0.2, 0) is 12.7 Å². The highest BCUT2D eigenvalue weighted by atomic mass is 19.4. The molecule has 0 atom stereocenters. The molecule has 1 heterocycles. The molecule has 2 rings (SSSR count). The topological polar surface area (TPSA) is 37.8 Å². The van der Waals surface area contributed by atoms with Gasteiger partial charge in [-0.2, -0.15) is 13.2 Å². The number of alkyl halides is 3. The molecule has 112 valence electrons. The summed E-state index contributed by atoms with van der Waals surface area (Å²) in [4.78, 5) is 8.48. The molecule has 0 saturated carbocycles. The fourth-order valence-corrected chi connectivity index (χ4v) is 1.90. The Morgan fingerprint density at radius 3 is 2.24 bits per heavy atom. The molecule has 0 fully saturated rings. The smallest absolute Gasteiger partial charge is 0.364 e. The molecule has 0 unspecified atom stereocenters. The summed E-state index contributed by atoms with van der Waals surface area (Å²) in [7, 11) is 0. The van der Waals surface area contributed by atoms with Crippen LogP contribution in [0.15, 0.2) is 36.7 Å². The van der Waals surface area contributed by atoms with E-state index in [2.05, 4.69) is 15.3 Å². The lowest BCUT2D eigenvalue weighted by Crippen LogP contribution is -2.08. The summed E-state index contributed by atoms with van der Waals surface area (Å²) in [6, 6.07) is 5.08. The Morgan fingerprint density at radius 2 is 1.67 bits per heavy atom. The van der Waals surface area contributed by atoms with E-state index in [4.69, 9.17) is 0 Å². The number of hydrogen-bond donors (Lipinski definition) is 1. The second-order valence-electron chi connectivity index (χ2n) is 4.99. The van der Waals surface area contributed by atoms with Crippen molar-refractivity contribution in [2.24, 2.45) is 0 Å². The third-order valence-corrected chi connectivity index (χ3v) is 3.01. The first kappa shape index (κ1) is 15.3. The predicted octanol–water partition coefficient (Wildman–Crippen LogP) is 4.23. The lowest BCUT2D eigenvalue weighted by Gasteiger charge is -2.12. The molecule has 21 heavy (non-hydrogen) atoms. The predicted molar refractivity (Wildman–Crippen MR) is 74.9 cm³/mol. The zero-order chi connectivity index (χ0) is 15.5. The highest BCUT2D eigenvalue weighted by Gasteiger charge is 2.29. The van der Waals surface area contributed by atoms with Crippen molar-refractivity contribution in [2.75, 3.05) is 5.32 Å². The first-order valence-corrected chi connectivity index (χ1v) is 6.59. The first-order valence-electron chi connectivity index (χ1n) is 6.59. The van der Waals surface area contributed by atoms with Crippen molar-refractivity contribution in [3.63, 3.8) is 0 Å². The van der Waals surface area contributed by atoms with Gasteiger partial charge < -0.3 is 5.32 Å². The van der Waals surface area contributed by atoms with Crippen LogP contribution in [0, 0.1) is 0 Å². The maximum Gasteiger partial charge on any atom is 0.416 e. The van der Waals surface area contributed by atoms with E-state index >= 15 is 0 Å². The van der Waals surface area contributed by atoms with Gasteiger partial charge in [0.1, 0.15) is 5.82 Å². The molecule has 1 aromatic heterocycles. The summed E-state index contributed by atoms with van der Waals surface area (Å²) in [5, 5.41) is 3.11. The normalized spacial score (nSPS) is 11.7. The average molecular weight is 295 g/mol. The third-order valence-electron chi connectivity index (χ3n) is 3.01. The van der Waals surface area contributed by atoms with Crippen molar-refractivity contribution >= 4 is 5.82 Å². The standard InChI is InChI=1S/C15H16F3N3/c1-10(2)13-14(20-8-7-19-13)21-9-11-3-5-12(6-4-11)15(16,17)18/h3-8,10H,9H2,1-2H3,(H,20,21). The van der Waals surface area contributed by atoms with Gasteiger partial charge in [-0.1, -0.05) is 26.0 Å². The van der Waals surface area contributed by atoms with E-state index in [0.717, 1.165) is 23.4 Å². The Morgan fingerprint density at radius 1 is 1.05 bits per heavy atom. The monoisotopic (exact) mass is 295 g/mol. The largest absolute Gasteiger partial charge is 0.416 e. The van der Waals surface area contributed by atoms with Gasteiger partial charge in [0, 0.05) is 18.9 Å². The lowest BCUT2D eigenvalue weighted by molar-refractivity contribution is -0.137. The Labute approximate surface area is 121 Å². The van der Waals surface area contributed by atoms with Gasteiger partial charge in [-0.25, -0.2) is 4.98 Å². The van der Waals surface area contributed by atoms with Gasteiger partial charge in [0.15, 0.2) is 0 Å². The summed E-state index contributed by atoms with van der Waals surface area (Å²) in [6.45, 7) is 4.41. The van der Waals surface area contributed by atoms with Crippen LogP contribution in [0.25, 0.3) is 0 Å². The molecule has 3 nitrogen and oxygen atoms in total. The van der Waals surface area contributed by atoms with E-state index in [1.807, 2.05) is 13.8 Å². The Balaban J connectivity index is 2.07. The summed E-state index contributed by atoms with van der Waals surface area (Å²) in [5.41, 5.74) is 0.946. The minimum atomic E-state index is -4.30. The Hall–Kier alpha value is -2.11. The first-order chi connectivity index (χ1) is 9.88. The zero-order valence-electron chi connectivity index (χ0n) is 11.8. The SMILES string of the molecule is CC(C)c1nccnc1NCc1ccc(C(F)(F)F)cc1. The van der Waals surface area contributed by atoms with Gasteiger partial charge in [0.05, 0.1) is 11.3 Å². The molecular weight excluding hydrogens is 279 g/mol. The number of nitrogens with one attached hydrogen (secondary N) is 1. The van der Waals surface area contributed by atoms with E-state index < -0.39 is 11.7 Å². The molecule has 0 aliphatic heterocycles. The zero-order valence-corrected chi connectivity index (χ0v) is 11.8. The molecule has 0 bridgehead atoms.